The summed E-state index contributed by atoms with van der Waals surface area (Å²) in [7, 11) is 0. The van der Waals surface area contributed by atoms with Crippen LogP contribution in [0.4, 0.5) is 0 Å². The minimum absolute atomic E-state index is 0.283. The van der Waals surface area contributed by atoms with Crippen molar-refractivity contribution in [3.63, 3.8) is 0 Å². The minimum atomic E-state index is 0.283. The van der Waals surface area contributed by atoms with E-state index in [2.05, 4.69) is 59.6 Å². The van der Waals surface area contributed by atoms with E-state index in [4.69, 9.17) is 4.74 Å². The van der Waals surface area contributed by atoms with Gasteiger partial charge in [0.1, 0.15) is 5.75 Å². The fourth-order valence-electron chi connectivity index (χ4n) is 3.43. The maximum absolute atomic E-state index is 5.73. The average molecular weight is 324 g/mol. The van der Waals surface area contributed by atoms with Gasteiger partial charge in [-0.15, -0.1) is 0 Å². The molecule has 1 fully saturated rings. The zero-order valence-corrected chi connectivity index (χ0v) is 14.8. The molecule has 0 saturated carbocycles. The van der Waals surface area contributed by atoms with E-state index in [1.54, 1.807) is 0 Å². The first kappa shape index (κ1) is 17.0. The Kier molecular flexibility index (Phi) is 5.89. The third-order valence-electron chi connectivity index (χ3n) is 4.62. The molecular formula is C21H28N2O. The predicted octanol–water partition coefficient (Wildman–Crippen LogP) is 3.78. The summed E-state index contributed by atoms with van der Waals surface area (Å²) in [5.41, 5.74) is 3.97. The van der Waals surface area contributed by atoms with Gasteiger partial charge in [0.2, 0.25) is 0 Å². The molecule has 3 rings (SSSR count). The molecular weight excluding hydrogens is 296 g/mol. The van der Waals surface area contributed by atoms with E-state index in [1.807, 2.05) is 13.0 Å². The summed E-state index contributed by atoms with van der Waals surface area (Å²) >= 11 is 0. The highest BCUT2D eigenvalue weighted by molar-refractivity contribution is 5.37. The Morgan fingerprint density at radius 1 is 1.04 bits per heavy atom. The summed E-state index contributed by atoms with van der Waals surface area (Å²) in [5, 5.41) is 3.51. The topological polar surface area (TPSA) is 24.5 Å². The number of rotatable bonds is 5. The number of ether oxygens (including phenoxy) is 1. The molecule has 2 aromatic rings. The van der Waals surface area contributed by atoms with Gasteiger partial charge in [0.05, 0.1) is 12.6 Å². The lowest BCUT2D eigenvalue weighted by atomic mass is 9.95. The summed E-state index contributed by atoms with van der Waals surface area (Å²) in [6, 6.07) is 17.8. The molecule has 0 radical (unpaired) electrons. The maximum atomic E-state index is 5.73. The molecule has 0 aromatic heterocycles. The van der Waals surface area contributed by atoms with E-state index in [9.17, 15) is 0 Å². The second-order valence-electron chi connectivity index (χ2n) is 6.46. The Labute approximate surface area is 145 Å². The Morgan fingerprint density at radius 2 is 1.88 bits per heavy atom. The monoisotopic (exact) mass is 324 g/mol. The van der Waals surface area contributed by atoms with Crippen LogP contribution in [-0.2, 0) is 0 Å². The Morgan fingerprint density at radius 3 is 2.67 bits per heavy atom. The summed E-state index contributed by atoms with van der Waals surface area (Å²) in [4.78, 5) is 2.59. The van der Waals surface area contributed by atoms with Crippen LogP contribution in [0.1, 0.15) is 36.1 Å². The van der Waals surface area contributed by atoms with E-state index in [0.717, 1.165) is 31.9 Å². The smallest absolute Gasteiger partial charge is 0.119 e. The molecule has 0 amide bonds. The molecule has 1 heterocycles. The number of hydrogen-bond acceptors (Lipinski definition) is 3. The van der Waals surface area contributed by atoms with Crippen LogP contribution in [0, 0.1) is 6.92 Å². The summed E-state index contributed by atoms with van der Waals surface area (Å²) in [6.07, 6.45) is 1.19. The van der Waals surface area contributed by atoms with Crippen LogP contribution in [0.15, 0.2) is 48.5 Å². The second-order valence-corrected chi connectivity index (χ2v) is 6.46. The van der Waals surface area contributed by atoms with Crippen molar-refractivity contribution in [2.24, 2.45) is 0 Å². The average Bonchev–Trinajstić information content (AvgIpc) is 2.87. The molecule has 0 spiro atoms. The van der Waals surface area contributed by atoms with Crippen molar-refractivity contribution in [1.82, 2.24) is 10.2 Å². The highest BCUT2D eigenvalue weighted by atomic mass is 16.5. The van der Waals surface area contributed by atoms with Crippen molar-refractivity contribution in [1.29, 1.82) is 0 Å². The molecule has 1 saturated heterocycles. The first-order valence-electron chi connectivity index (χ1n) is 9.02. The molecule has 1 N–H and O–H groups in total. The van der Waals surface area contributed by atoms with Gasteiger partial charge in [-0.05, 0) is 50.1 Å². The van der Waals surface area contributed by atoms with E-state index in [1.165, 1.54) is 23.1 Å². The third-order valence-corrected chi connectivity index (χ3v) is 4.62. The van der Waals surface area contributed by atoms with Gasteiger partial charge in [-0.25, -0.2) is 0 Å². The maximum Gasteiger partial charge on any atom is 0.119 e. The number of benzene rings is 2. The van der Waals surface area contributed by atoms with Gasteiger partial charge in [0.15, 0.2) is 0 Å². The molecule has 1 atom stereocenters. The number of nitrogens with one attached hydrogen (secondary N) is 1. The van der Waals surface area contributed by atoms with Gasteiger partial charge in [0.25, 0.3) is 0 Å². The van der Waals surface area contributed by atoms with Gasteiger partial charge < -0.3 is 10.1 Å². The lowest BCUT2D eigenvalue weighted by molar-refractivity contribution is 0.240. The zero-order valence-electron chi connectivity index (χ0n) is 14.8. The molecule has 0 aliphatic carbocycles. The predicted molar refractivity (Wildman–Crippen MR) is 99.7 cm³/mol. The van der Waals surface area contributed by atoms with Crippen molar-refractivity contribution in [2.75, 3.05) is 32.8 Å². The van der Waals surface area contributed by atoms with Crippen LogP contribution in [-0.4, -0.2) is 37.7 Å². The zero-order chi connectivity index (χ0) is 16.8. The van der Waals surface area contributed by atoms with Gasteiger partial charge in [-0.1, -0.05) is 42.0 Å². The molecule has 128 valence electrons. The van der Waals surface area contributed by atoms with Crippen molar-refractivity contribution in [2.45, 2.75) is 26.3 Å². The van der Waals surface area contributed by atoms with E-state index in [0.29, 0.717) is 6.61 Å². The van der Waals surface area contributed by atoms with Crippen LogP contribution in [0.2, 0.25) is 0 Å². The highest BCUT2D eigenvalue weighted by Gasteiger charge is 2.23. The van der Waals surface area contributed by atoms with Crippen LogP contribution in [0.25, 0.3) is 0 Å². The fraction of sp³-hybridized carbons (Fsp3) is 0.429. The standard InChI is InChI=1S/C21H28N2O/c1-3-24-20-7-4-6-19(16-20)21(18-10-8-17(2)9-11-18)23-14-5-12-22-13-15-23/h4,6-11,16,21-22H,3,5,12-15H2,1-2H3. The molecule has 1 aliphatic rings. The minimum Gasteiger partial charge on any atom is -0.494 e. The van der Waals surface area contributed by atoms with Crippen molar-refractivity contribution in [3.05, 3.63) is 65.2 Å². The summed E-state index contributed by atoms with van der Waals surface area (Å²) in [6.45, 7) is 9.21. The van der Waals surface area contributed by atoms with Crippen LogP contribution in [0.5, 0.6) is 5.75 Å². The van der Waals surface area contributed by atoms with Gasteiger partial charge in [0, 0.05) is 19.6 Å². The molecule has 24 heavy (non-hydrogen) atoms. The Balaban J connectivity index is 1.97. The van der Waals surface area contributed by atoms with Crippen LogP contribution >= 0.6 is 0 Å². The summed E-state index contributed by atoms with van der Waals surface area (Å²) < 4.78 is 5.73. The normalized spacial score (nSPS) is 17.2. The largest absolute Gasteiger partial charge is 0.494 e. The van der Waals surface area contributed by atoms with Crippen molar-refractivity contribution >= 4 is 0 Å². The van der Waals surface area contributed by atoms with Gasteiger partial charge in [-0.3, -0.25) is 4.90 Å². The number of nitrogens with zero attached hydrogens (tertiary/aromatic N) is 1. The fourth-order valence-corrected chi connectivity index (χ4v) is 3.43. The van der Waals surface area contributed by atoms with Gasteiger partial charge >= 0.3 is 0 Å². The second kappa shape index (κ2) is 8.32. The molecule has 2 aromatic carbocycles. The Hall–Kier alpha value is -1.84. The summed E-state index contributed by atoms with van der Waals surface area (Å²) in [5.74, 6) is 0.958. The van der Waals surface area contributed by atoms with E-state index in [-0.39, 0.29) is 6.04 Å². The van der Waals surface area contributed by atoms with Gasteiger partial charge in [-0.2, -0.15) is 0 Å². The molecule has 3 nitrogen and oxygen atoms in total. The Bertz CT molecular complexity index is 631. The molecule has 3 heteroatoms. The van der Waals surface area contributed by atoms with Crippen LogP contribution < -0.4 is 10.1 Å². The van der Waals surface area contributed by atoms with Crippen molar-refractivity contribution < 1.29 is 4.74 Å². The van der Waals surface area contributed by atoms with E-state index >= 15 is 0 Å². The third kappa shape index (κ3) is 4.16. The molecule has 0 bridgehead atoms. The number of aryl methyl sites for hydroxylation is 1. The molecule has 1 aliphatic heterocycles. The van der Waals surface area contributed by atoms with Crippen molar-refractivity contribution in [3.8, 4) is 5.75 Å². The lowest BCUT2D eigenvalue weighted by Gasteiger charge is -2.31. The lowest BCUT2D eigenvalue weighted by Crippen LogP contribution is -2.33. The number of hydrogen-bond donors (Lipinski definition) is 1. The first-order valence-corrected chi connectivity index (χ1v) is 9.02. The molecule has 1 unspecified atom stereocenters. The quantitative estimate of drug-likeness (QED) is 0.906. The van der Waals surface area contributed by atoms with E-state index < -0.39 is 0 Å². The SMILES string of the molecule is CCOc1cccc(C(c2ccc(C)cc2)N2CCCNCC2)c1. The first-order chi connectivity index (χ1) is 11.8. The van der Waals surface area contributed by atoms with Crippen LogP contribution in [0.3, 0.4) is 0 Å². The highest BCUT2D eigenvalue weighted by Crippen LogP contribution is 2.31.